The molecule has 1 fully saturated rings. The Balaban J connectivity index is 2.44. The molecule has 1 saturated heterocycles. The molecule has 1 aromatic rings. The van der Waals surface area contributed by atoms with Gasteiger partial charge in [-0.1, -0.05) is 0 Å². The number of carbonyl (C=O) groups excluding carboxylic acids is 2. The quantitative estimate of drug-likeness (QED) is 0.746. The molecule has 3 nitrogen and oxygen atoms in total. The normalized spacial score (nSPS) is 16.6. The van der Waals surface area contributed by atoms with E-state index in [0.717, 1.165) is 17.0 Å². The van der Waals surface area contributed by atoms with Crippen molar-refractivity contribution in [2.75, 3.05) is 11.4 Å². The third-order valence-electron chi connectivity index (χ3n) is 2.55. The molecule has 1 aromatic carbocycles. The zero-order chi connectivity index (χ0) is 13.5. The van der Waals surface area contributed by atoms with E-state index in [1.54, 1.807) is 0 Å². The molecule has 0 aliphatic carbocycles. The van der Waals surface area contributed by atoms with Crippen LogP contribution in [0.4, 0.5) is 18.9 Å². The monoisotopic (exact) mass is 321 g/mol. The van der Waals surface area contributed by atoms with Crippen LogP contribution in [0.15, 0.2) is 22.7 Å². The molecule has 1 aliphatic heterocycles. The van der Waals surface area contributed by atoms with Gasteiger partial charge in [0.2, 0.25) is 5.91 Å². The summed E-state index contributed by atoms with van der Waals surface area (Å²) in [5, 5.41) is 0. The summed E-state index contributed by atoms with van der Waals surface area (Å²) in [6.45, 7) is -0.182. The molecular weight excluding hydrogens is 315 g/mol. The van der Waals surface area contributed by atoms with Crippen LogP contribution in [0.2, 0.25) is 0 Å². The maximum atomic E-state index is 12.6. The van der Waals surface area contributed by atoms with Crippen molar-refractivity contribution in [3.05, 3.63) is 28.2 Å². The number of ketones is 1. The van der Waals surface area contributed by atoms with Crippen molar-refractivity contribution < 1.29 is 22.8 Å². The van der Waals surface area contributed by atoms with E-state index in [1.165, 1.54) is 6.07 Å². The number of rotatable bonds is 1. The molecule has 7 heteroatoms. The van der Waals surface area contributed by atoms with E-state index < -0.39 is 17.6 Å². The molecule has 1 heterocycles. The minimum Gasteiger partial charge on any atom is -0.303 e. The lowest BCUT2D eigenvalue weighted by Gasteiger charge is -2.18. The molecule has 0 bridgehead atoms. The first-order valence-electron chi connectivity index (χ1n) is 4.98. The van der Waals surface area contributed by atoms with Crippen molar-refractivity contribution in [3.8, 4) is 0 Å². The van der Waals surface area contributed by atoms with Gasteiger partial charge in [-0.2, -0.15) is 13.2 Å². The second kappa shape index (κ2) is 4.38. The van der Waals surface area contributed by atoms with Crippen LogP contribution in [0.1, 0.15) is 12.0 Å². The Morgan fingerprint density at radius 1 is 1.22 bits per heavy atom. The number of anilines is 1. The van der Waals surface area contributed by atoms with E-state index in [0.29, 0.717) is 4.47 Å². The Kier molecular flexibility index (Phi) is 3.18. The number of amides is 1. The van der Waals surface area contributed by atoms with Gasteiger partial charge in [0.15, 0.2) is 5.78 Å². The summed E-state index contributed by atoms with van der Waals surface area (Å²) >= 11 is 3.08. The zero-order valence-electron chi connectivity index (χ0n) is 8.92. The summed E-state index contributed by atoms with van der Waals surface area (Å²) in [5.41, 5.74) is -0.784. The number of halogens is 4. The molecule has 0 spiro atoms. The van der Waals surface area contributed by atoms with Crippen LogP contribution in [-0.4, -0.2) is 18.2 Å². The predicted octanol–water partition coefficient (Wildman–Crippen LogP) is 2.77. The number of hydrogen-bond donors (Lipinski definition) is 0. The largest absolute Gasteiger partial charge is 0.416 e. The molecule has 18 heavy (non-hydrogen) atoms. The number of benzene rings is 1. The first-order chi connectivity index (χ1) is 8.29. The van der Waals surface area contributed by atoms with Gasteiger partial charge < -0.3 is 4.90 Å². The van der Waals surface area contributed by atoms with Crippen molar-refractivity contribution >= 4 is 33.3 Å². The highest BCUT2D eigenvalue weighted by atomic mass is 79.9. The van der Waals surface area contributed by atoms with Crippen LogP contribution < -0.4 is 4.90 Å². The summed E-state index contributed by atoms with van der Waals surface area (Å²) in [6.07, 6.45) is -4.75. The van der Waals surface area contributed by atoms with E-state index >= 15 is 0 Å². The Hall–Kier alpha value is -1.37. The molecule has 1 aliphatic rings. The summed E-state index contributed by atoms with van der Waals surface area (Å²) in [4.78, 5) is 23.7. The number of Topliss-reactive ketones (excluding diaryl/α,β-unsaturated/α-hetero) is 1. The lowest BCUT2D eigenvalue weighted by atomic mass is 10.2. The fourth-order valence-electron chi connectivity index (χ4n) is 1.70. The minimum atomic E-state index is -4.48. The maximum absolute atomic E-state index is 12.6. The fraction of sp³-hybridized carbons (Fsp3) is 0.273. The van der Waals surface area contributed by atoms with Gasteiger partial charge in [0.25, 0.3) is 0 Å². The second-order valence-electron chi connectivity index (χ2n) is 3.86. The zero-order valence-corrected chi connectivity index (χ0v) is 10.5. The highest BCUT2D eigenvalue weighted by molar-refractivity contribution is 9.10. The molecule has 0 saturated carbocycles. The fourth-order valence-corrected chi connectivity index (χ4v) is 2.16. The van der Waals surface area contributed by atoms with Gasteiger partial charge in [-0.15, -0.1) is 0 Å². The average molecular weight is 322 g/mol. The van der Waals surface area contributed by atoms with Gasteiger partial charge >= 0.3 is 6.18 Å². The first kappa shape index (κ1) is 13.1. The highest BCUT2D eigenvalue weighted by Gasteiger charge is 2.34. The van der Waals surface area contributed by atoms with Crippen molar-refractivity contribution in [1.29, 1.82) is 0 Å². The number of hydrogen-bond acceptors (Lipinski definition) is 2. The van der Waals surface area contributed by atoms with Gasteiger partial charge in [0.1, 0.15) is 0 Å². The first-order valence-corrected chi connectivity index (χ1v) is 5.77. The van der Waals surface area contributed by atoms with Gasteiger partial charge in [-0.25, -0.2) is 0 Å². The number of carbonyl (C=O) groups is 2. The van der Waals surface area contributed by atoms with E-state index in [-0.39, 0.29) is 24.4 Å². The van der Waals surface area contributed by atoms with E-state index in [9.17, 15) is 22.8 Å². The molecular formula is C11H7BrF3NO2. The van der Waals surface area contributed by atoms with Gasteiger partial charge in [0.05, 0.1) is 24.2 Å². The molecule has 0 N–H and O–H groups in total. The predicted molar refractivity (Wildman–Crippen MR) is 61.1 cm³/mol. The third kappa shape index (κ3) is 2.40. The van der Waals surface area contributed by atoms with Crippen molar-refractivity contribution in [2.24, 2.45) is 0 Å². The van der Waals surface area contributed by atoms with Crippen LogP contribution in [0.25, 0.3) is 0 Å². The van der Waals surface area contributed by atoms with E-state index in [2.05, 4.69) is 15.9 Å². The molecule has 0 aromatic heterocycles. The van der Waals surface area contributed by atoms with Gasteiger partial charge in [-0.3, -0.25) is 9.59 Å². The van der Waals surface area contributed by atoms with Crippen LogP contribution in [0.3, 0.4) is 0 Å². The van der Waals surface area contributed by atoms with Crippen molar-refractivity contribution in [2.45, 2.75) is 12.6 Å². The lowest BCUT2D eigenvalue weighted by molar-refractivity contribution is -0.137. The smallest absolute Gasteiger partial charge is 0.303 e. The van der Waals surface area contributed by atoms with E-state index in [4.69, 9.17) is 0 Å². The van der Waals surface area contributed by atoms with Crippen LogP contribution in [0.5, 0.6) is 0 Å². The Morgan fingerprint density at radius 2 is 1.89 bits per heavy atom. The Labute approximate surface area is 109 Å². The van der Waals surface area contributed by atoms with E-state index in [1.807, 2.05) is 0 Å². The Bertz CT molecular complexity index is 528. The molecule has 0 radical (unpaired) electrons. The summed E-state index contributed by atoms with van der Waals surface area (Å²) in [7, 11) is 0. The van der Waals surface area contributed by atoms with Crippen LogP contribution >= 0.6 is 15.9 Å². The molecule has 96 valence electrons. The maximum Gasteiger partial charge on any atom is 0.416 e. The van der Waals surface area contributed by atoms with Gasteiger partial charge in [0, 0.05) is 4.47 Å². The second-order valence-corrected chi connectivity index (χ2v) is 4.71. The summed E-state index contributed by atoms with van der Waals surface area (Å²) in [5.74, 6) is -0.788. The van der Waals surface area contributed by atoms with Gasteiger partial charge in [-0.05, 0) is 34.1 Å². The summed E-state index contributed by atoms with van der Waals surface area (Å²) in [6, 6.07) is 2.99. The summed E-state index contributed by atoms with van der Waals surface area (Å²) < 4.78 is 38.1. The molecule has 1 amide bonds. The lowest BCUT2D eigenvalue weighted by Crippen LogP contribution is -2.25. The molecule has 0 atom stereocenters. The third-order valence-corrected chi connectivity index (χ3v) is 3.22. The minimum absolute atomic E-state index is 0.0701. The highest BCUT2D eigenvalue weighted by Crippen LogP contribution is 2.36. The topological polar surface area (TPSA) is 37.4 Å². The molecule has 2 rings (SSSR count). The van der Waals surface area contributed by atoms with Crippen LogP contribution in [-0.2, 0) is 15.8 Å². The molecule has 0 unspecified atom stereocenters. The number of nitrogens with zero attached hydrogens (tertiary/aromatic N) is 1. The average Bonchev–Trinajstić information content (AvgIpc) is 2.56. The standard InChI is InChI=1S/C11H7BrF3NO2/c12-8-2-1-6(11(13,14)15)3-9(8)16-5-7(17)4-10(16)18/h1-3H,4-5H2. The SMILES string of the molecule is O=C1CC(=O)N(c2cc(C(F)(F)F)ccc2Br)C1. The van der Waals surface area contributed by atoms with Crippen molar-refractivity contribution in [3.63, 3.8) is 0 Å². The van der Waals surface area contributed by atoms with Crippen molar-refractivity contribution in [1.82, 2.24) is 0 Å². The Morgan fingerprint density at radius 3 is 2.39 bits per heavy atom. The number of alkyl halides is 3. The van der Waals surface area contributed by atoms with Crippen LogP contribution in [0, 0.1) is 0 Å².